The van der Waals surface area contributed by atoms with Crippen molar-refractivity contribution in [2.45, 2.75) is 20.3 Å². The molecule has 0 unspecified atom stereocenters. The summed E-state index contributed by atoms with van der Waals surface area (Å²) in [6.07, 6.45) is 1.10. The average molecular weight is 228 g/mol. The third-order valence-corrected chi connectivity index (χ3v) is 3.53. The molecule has 0 bridgehead atoms. The van der Waals surface area contributed by atoms with Gasteiger partial charge in [-0.1, -0.05) is 23.8 Å². The Bertz CT molecular complexity index is 483. The lowest BCUT2D eigenvalue weighted by Gasteiger charge is -2.20. The standard InChI is InChI=1S/C15H20N2/c1-11-9-10-17(4)14-8-6-5-7-13(14)15(11)12(2)16-3/h5-8H,9-10H2,1-4H3. The quantitative estimate of drug-likeness (QED) is 0.673. The molecule has 0 fully saturated rings. The SMILES string of the molecule is CN=C(C)C1=C(C)CCN(C)c2ccccc21. The first-order valence-electron chi connectivity index (χ1n) is 6.09. The van der Waals surface area contributed by atoms with Crippen molar-refractivity contribution in [2.24, 2.45) is 4.99 Å². The van der Waals surface area contributed by atoms with Crippen LogP contribution in [0.3, 0.4) is 0 Å². The molecular weight excluding hydrogens is 208 g/mol. The minimum Gasteiger partial charge on any atom is -0.374 e. The second-order valence-corrected chi connectivity index (χ2v) is 4.65. The van der Waals surface area contributed by atoms with Gasteiger partial charge in [0.1, 0.15) is 0 Å². The monoisotopic (exact) mass is 228 g/mol. The zero-order valence-corrected chi connectivity index (χ0v) is 11.1. The minimum atomic E-state index is 1.07. The number of allylic oxidation sites excluding steroid dienone is 1. The Morgan fingerprint density at radius 2 is 2.00 bits per heavy atom. The van der Waals surface area contributed by atoms with Gasteiger partial charge >= 0.3 is 0 Å². The average Bonchev–Trinajstić information content (AvgIpc) is 2.47. The molecule has 0 aromatic heterocycles. The molecule has 0 saturated carbocycles. The number of hydrogen-bond acceptors (Lipinski definition) is 2. The Labute approximate surface area is 104 Å². The fourth-order valence-corrected chi connectivity index (χ4v) is 2.44. The minimum absolute atomic E-state index is 1.07. The molecule has 1 aromatic rings. The number of anilines is 1. The molecule has 17 heavy (non-hydrogen) atoms. The van der Waals surface area contributed by atoms with Crippen LogP contribution in [0.1, 0.15) is 25.8 Å². The maximum atomic E-state index is 4.37. The molecule has 0 N–H and O–H groups in total. The van der Waals surface area contributed by atoms with Crippen LogP contribution >= 0.6 is 0 Å². The van der Waals surface area contributed by atoms with Crippen LogP contribution < -0.4 is 4.90 Å². The normalized spacial score (nSPS) is 16.9. The fourth-order valence-electron chi connectivity index (χ4n) is 2.44. The number of hydrogen-bond donors (Lipinski definition) is 0. The van der Waals surface area contributed by atoms with Gasteiger partial charge in [0, 0.05) is 43.2 Å². The van der Waals surface area contributed by atoms with E-state index in [1.165, 1.54) is 22.4 Å². The summed E-state index contributed by atoms with van der Waals surface area (Å²) < 4.78 is 0. The lowest BCUT2D eigenvalue weighted by atomic mass is 9.95. The number of aliphatic imine (C=N–C) groups is 1. The highest BCUT2D eigenvalue weighted by Gasteiger charge is 2.18. The summed E-state index contributed by atoms with van der Waals surface area (Å²) in [5, 5.41) is 0. The molecule has 0 atom stereocenters. The Morgan fingerprint density at radius 3 is 2.71 bits per heavy atom. The zero-order valence-electron chi connectivity index (χ0n) is 11.1. The molecule has 2 rings (SSSR count). The zero-order chi connectivity index (χ0) is 12.4. The lowest BCUT2D eigenvalue weighted by Crippen LogP contribution is -2.18. The van der Waals surface area contributed by atoms with Crippen LogP contribution in [-0.2, 0) is 0 Å². The van der Waals surface area contributed by atoms with Gasteiger partial charge < -0.3 is 4.90 Å². The van der Waals surface area contributed by atoms with Gasteiger partial charge in [0.15, 0.2) is 0 Å². The van der Waals surface area contributed by atoms with Gasteiger partial charge in [-0.05, 0) is 26.3 Å². The molecule has 1 heterocycles. The highest BCUT2D eigenvalue weighted by molar-refractivity contribution is 6.25. The third kappa shape index (κ3) is 2.12. The smallest absolute Gasteiger partial charge is 0.0444 e. The van der Waals surface area contributed by atoms with Crippen LogP contribution in [0, 0.1) is 0 Å². The summed E-state index contributed by atoms with van der Waals surface area (Å²) in [4.78, 5) is 6.70. The molecule has 1 aliphatic heterocycles. The van der Waals surface area contributed by atoms with E-state index in [-0.39, 0.29) is 0 Å². The molecule has 1 aromatic carbocycles. The summed E-state index contributed by atoms with van der Waals surface area (Å²) in [6.45, 7) is 5.39. The Kier molecular flexibility index (Phi) is 3.32. The van der Waals surface area contributed by atoms with Crippen LogP contribution in [0.5, 0.6) is 0 Å². The van der Waals surface area contributed by atoms with Gasteiger partial charge in [0.25, 0.3) is 0 Å². The van der Waals surface area contributed by atoms with Crippen molar-refractivity contribution in [2.75, 3.05) is 25.5 Å². The Hall–Kier alpha value is -1.57. The van der Waals surface area contributed by atoms with E-state index in [0.29, 0.717) is 0 Å². The first kappa shape index (κ1) is 11.9. The number of benzene rings is 1. The Balaban J connectivity index is 2.66. The molecule has 0 saturated heterocycles. The first-order chi connectivity index (χ1) is 8.15. The molecule has 90 valence electrons. The van der Waals surface area contributed by atoms with Crippen molar-refractivity contribution in [1.82, 2.24) is 0 Å². The van der Waals surface area contributed by atoms with E-state index in [1.807, 2.05) is 7.05 Å². The van der Waals surface area contributed by atoms with Crippen LogP contribution in [0.25, 0.3) is 5.57 Å². The summed E-state index contributed by atoms with van der Waals surface area (Å²) in [6, 6.07) is 8.60. The van der Waals surface area contributed by atoms with Gasteiger partial charge in [0.2, 0.25) is 0 Å². The summed E-state index contributed by atoms with van der Waals surface area (Å²) in [5.41, 5.74) is 6.51. The van der Waals surface area contributed by atoms with E-state index < -0.39 is 0 Å². The molecular formula is C15H20N2. The Morgan fingerprint density at radius 1 is 1.29 bits per heavy atom. The van der Waals surface area contributed by atoms with Crippen LogP contribution in [0.15, 0.2) is 34.8 Å². The maximum Gasteiger partial charge on any atom is 0.0444 e. The van der Waals surface area contributed by atoms with Crippen LogP contribution in [0.2, 0.25) is 0 Å². The number of fused-ring (bicyclic) bond motifs is 1. The molecule has 2 heteroatoms. The molecule has 1 aliphatic rings. The van der Waals surface area contributed by atoms with Crippen molar-refractivity contribution in [1.29, 1.82) is 0 Å². The largest absolute Gasteiger partial charge is 0.374 e. The summed E-state index contributed by atoms with van der Waals surface area (Å²) >= 11 is 0. The predicted molar refractivity (Wildman–Crippen MR) is 76.0 cm³/mol. The van der Waals surface area contributed by atoms with Crippen molar-refractivity contribution in [3.8, 4) is 0 Å². The highest BCUT2D eigenvalue weighted by Crippen LogP contribution is 2.33. The highest BCUT2D eigenvalue weighted by atomic mass is 15.1. The van der Waals surface area contributed by atoms with Gasteiger partial charge in [-0.3, -0.25) is 4.99 Å². The predicted octanol–water partition coefficient (Wildman–Crippen LogP) is 3.39. The number of nitrogens with zero attached hydrogens (tertiary/aromatic N) is 2. The van der Waals surface area contributed by atoms with E-state index in [9.17, 15) is 0 Å². The van der Waals surface area contributed by atoms with E-state index in [0.717, 1.165) is 18.7 Å². The van der Waals surface area contributed by atoms with E-state index >= 15 is 0 Å². The lowest BCUT2D eigenvalue weighted by molar-refractivity contribution is 0.878. The molecule has 0 aliphatic carbocycles. The molecule has 2 nitrogen and oxygen atoms in total. The summed E-state index contributed by atoms with van der Waals surface area (Å²) in [7, 11) is 4.03. The number of rotatable bonds is 1. The van der Waals surface area contributed by atoms with Gasteiger partial charge in [-0.2, -0.15) is 0 Å². The van der Waals surface area contributed by atoms with Crippen molar-refractivity contribution in [3.05, 3.63) is 35.4 Å². The van der Waals surface area contributed by atoms with Crippen molar-refractivity contribution in [3.63, 3.8) is 0 Å². The van der Waals surface area contributed by atoms with Crippen molar-refractivity contribution >= 4 is 17.0 Å². The molecule has 0 spiro atoms. The maximum absolute atomic E-state index is 4.37. The third-order valence-electron chi connectivity index (χ3n) is 3.53. The fraction of sp³-hybridized carbons (Fsp3) is 0.400. The van der Waals surface area contributed by atoms with E-state index in [4.69, 9.17) is 0 Å². The molecule has 0 amide bonds. The van der Waals surface area contributed by atoms with Crippen LogP contribution in [-0.4, -0.2) is 26.4 Å². The topological polar surface area (TPSA) is 15.6 Å². The van der Waals surface area contributed by atoms with Crippen molar-refractivity contribution < 1.29 is 0 Å². The van der Waals surface area contributed by atoms with Gasteiger partial charge in [-0.15, -0.1) is 0 Å². The van der Waals surface area contributed by atoms with Crippen LogP contribution in [0.4, 0.5) is 5.69 Å². The van der Waals surface area contributed by atoms with Gasteiger partial charge in [-0.25, -0.2) is 0 Å². The van der Waals surface area contributed by atoms with Gasteiger partial charge in [0.05, 0.1) is 0 Å². The second kappa shape index (κ2) is 4.74. The van der Waals surface area contributed by atoms with E-state index in [1.54, 1.807) is 0 Å². The number of para-hydroxylation sites is 1. The first-order valence-corrected chi connectivity index (χ1v) is 6.09. The molecule has 0 radical (unpaired) electrons. The summed E-state index contributed by atoms with van der Waals surface area (Å²) in [5.74, 6) is 0. The second-order valence-electron chi connectivity index (χ2n) is 4.65. The van der Waals surface area contributed by atoms with E-state index in [2.05, 4.69) is 55.1 Å².